The van der Waals surface area contributed by atoms with Crippen molar-refractivity contribution < 1.29 is 14.3 Å². The minimum atomic E-state index is -0.390. The maximum absolute atomic E-state index is 12.5. The summed E-state index contributed by atoms with van der Waals surface area (Å²) in [5.74, 6) is 0.180. The first-order chi connectivity index (χ1) is 13.6. The number of nitrogens with one attached hydrogen (secondary N) is 1. The number of amides is 1. The fraction of sp³-hybridized carbons (Fsp3) is 0.368. The number of esters is 1. The van der Waals surface area contributed by atoms with Crippen LogP contribution in [0.3, 0.4) is 0 Å². The van der Waals surface area contributed by atoms with Gasteiger partial charge in [0.05, 0.1) is 18.4 Å². The van der Waals surface area contributed by atoms with Crippen molar-refractivity contribution in [2.75, 3.05) is 18.2 Å². The number of hydrogen-bond acceptors (Lipinski definition) is 7. The number of anilines is 1. The Kier molecular flexibility index (Phi) is 5.36. The molecule has 3 aromatic rings. The average Bonchev–Trinajstić information content (AvgIpc) is 3.26. The third-order valence-corrected chi connectivity index (χ3v) is 6.88. The topological polar surface area (TPSA) is 85.6 Å². The number of aromatic nitrogens is 3. The Bertz CT molecular complexity index is 1040. The Morgan fingerprint density at radius 2 is 2.25 bits per heavy atom. The molecular formula is C19H20N4O3S2. The number of pyridine rings is 1. The molecule has 1 aliphatic rings. The van der Waals surface area contributed by atoms with E-state index >= 15 is 0 Å². The molecule has 7 nitrogen and oxygen atoms in total. The van der Waals surface area contributed by atoms with Crippen LogP contribution in [-0.2, 0) is 22.4 Å². The van der Waals surface area contributed by atoms with Crippen LogP contribution in [0.25, 0.3) is 5.65 Å². The zero-order chi connectivity index (χ0) is 19.7. The maximum Gasteiger partial charge on any atom is 0.341 e. The highest BCUT2D eigenvalue weighted by molar-refractivity contribution is 7.99. The fourth-order valence-electron chi connectivity index (χ4n) is 3.37. The summed E-state index contributed by atoms with van der Waals surface area (Å²) in [7, 11) is 1.37. The lowest BCUT2D eigenvalue weighted by molar-refractivity contribution is -0.113. The molecule has 0 radical (unpaired) electrons. The van der Waals surface area contributed by atoms with Crippen LogP contribution in [0, 0.1) is 5.92 Å². The summed E-state index contributed by atoms with van der Waals surface area (Å²) in [5.41, 5.74) is 2.28. The lowest BCUT2D eigenvalue weighted by Crippen LogP contribution is -2.17. The van der Waals surface area contributed by atoms with Gasteiger partial charge in [0.1, 0.15) is 5.00 Å². The minimum absolute atomic E-state index is 0.176. The molecule has 4 rings (SSSR count). The van der Waals surface area contributed by atoms with Gasteiger partial charge in [0.2, 0.25) is 5.91 Å². The number of fused-ring (bicyclic) bond motifs is 2. The summed E-state index contributed by atoms with van der Waals surface area (Å²) >= 11 is 2.79. The van der Waals surface area contributed by atoms with Crippen molar-refractivity contribution in [2.24, 2.45) is 5.92 Å². The van der Waals surface area contributed by atoms with E-state index < -0.39 is 5.97 Å². The summed E-state index contributed by atoms with van der Waals surface area (Å²) in [6, 6.07) is 5.64. The van der Waals surface area contributed by atoms with Crippen LogP contribution >= 0.6 is 23.1 Å². The number of ether oxygens (including phenoxy) is 1. The molecule has 28 heavy (non-hydrogen) atoms. The predicted molar refractivity (Wildman–Crippen MR) is 109 cm³/mol. The molecular weight excluding hydrogens is 396 g/mol. The van der Waals surface area contributed by atoms with E-state index in [2.05, 4.69) is 22.4 Å². The molecule has 0 bridgehead atoms. The molecule has 146 valence electrons. The SMILES string of the molecule is COC(=O)c1c(NC(=O)CSc2nnc3ccccn23)sc2c1CC[C@@H](C)C2. The van der Waals surface area contributed by atoms with Crippen LogP contribution < -0.4 is 5.32 Å². The van der Waals surface area contributed by atoms with Gasteiger partial charge in [0.25, 0.3) is 0 Å². The predicted octanol–water partition coefficient (Wildman–Crippen LogP) is 3.43. The van der Waals surface area contributed by atoms with Gasteiger partial charge in [-0.3, -0.25) is 9.20 Å². The molecule has 1 aliphatic carbocycles. The Labute approximate surface area is 170 Å². The molecule has 0 unspecified atom stereocenters. The molecule has 9 heteroatoms. The van der Waals surface area contributed by atoms with E-state index in [1.54, 1.807) is 0 Å². The van der Waals surface area contributed by atoms with E-state index in [1.807, 2.05) is 28.8 Å². The summed E-state index contributed by atoms with van der Waals surface area (Å²) < 4.78 is 6.80. The van der Waals surface area contributed by atoms with Crippen LogP contribution in [0.2, 0.25) is 0 Å². The molecule has 3 heterocycles. The van der Waals surface area contributed by atoms with Crippen LogP contribution in [0.1, 0.15) is 34.1 Å². The summed E-state index contributed by atoms with van der Waals surface area (Å²) in [4.78, 5) is 26.0. The van der Waals surface area contributed by atoms with Crippen molar-refractivity contribution in [1.29, 1.82) is 0 Å². The van der Waals surface area contributed by atoms with Gasteiger partial charge in [-0.1, -0.05) is 24.8 Å². The normalized spacial score (nSPS) is 16.0. The number of carbonyl (C=O) groups excluding carboxylic acids is 2. The third kappa shape index (κ3) is 3.64. The second kappa shape index (κ2) is 7.92. The van der Waals surface area contributed by atoms with Crippen LogP contribution in [0.15, 0.2) is 29.6 Å². The van der Waals surface area contributed by atoms with E-state index in [1.165, 1.54) is 35.1 Å². The van der Waals surface area contributed by atoms with Gasteiger partial charge in [-0.2, -0.15) is 0 Å². The Morgan fingerprint density at radius 3 is 3.07 bits per heavy atom. The first kappa shape index (κ1) is 18.9. The van der Waals surface area contributed by atoms with Gasteiger partial charge < -0.3 is 10.1 Å². The van der Waals surface area contributed by atoms with Gasteiger partial charge in [-0.25, -0.2) is 4.79 Å². The first-order valence-electron chi connectivity index (χ1n) is 9.02. The number of nitrogens with zero attached hydrogens (tertiary/aromatic N) is 3. The number of methoxy groups -OCH3 is 1. The number of thiophene rings is 1. The summed E-state index contributed by atoms with van der Waals surface area (Å²) in [5, 5.41) is 12.3. The highest BCUT2D eigenvalue weighted by Gasteiger charge is 2.28. The largest absolute Gasteiger partial charge is 0.465 e. The Balaban J connectivity index is 1.50. The average molecular weight is 417 g/mol. The highest BCUT2D eigenvalue weighted by atomic mass is 32.2. The van der Waals surface area contributed by atoms with Crippen molar-refractivity contribution >= 4 is 45.6 Å². The molecule has 0 fully saturated rings. The fourth-order valence-corrected chi connectivity index (χ4v) is 5.51. The van der Waals surface area contributed by atoms with Crippen molar-refractivity contribution in [3.63, 3.8) is 0 Å². The Morgan fingerprint density at radius 1 is 1.39 bits per heavy atom. The van der Waals surface area contributed by atoms with Crippen LogP contribution in [0.4, 0.5) is 5.00 Å². The molecule has 1 N–H and O–H groups in total. The number of thioether (sulfide) groups is 1. The highest BCUT2D eigenvalue weighted by Crippen LogP contribution is 2.40. The zero-order valence-corrected chi connectivity index (χ0v) is 17.2. The standard InChI is InChI=1S/C19H20N4O3S2/c1-11-6-7-12-13(9-11)28-17(16(12)18(25)26-2)20-15(24)10-27-19-22-21-14-5-3-4-8-23(14)19/h3-5,8,11H,6-7,9-10H2,1-2H3,(H,20,24)/t11-/m1/s1. The molecule has 0 spiro atoms. The van der Waals surface area contributed by atoms with Crippen LogP contribution in [-0.4, -0.2) is 39.3 Å². The molecule has 3 aromatic heterocycles. The van der Waals surface area contributed by atoms with Crippen molar-refractivity contribution in [3.05, 3.63) is 40.4 Å². The van der Waals surface area contributed by atoms with E-state index in [9.17, 15) is 9.59 Å². The molecule has 0 saturated carbocycles. The van der Waals surface area contributed by atoms with Gasteiger partial charge >= 0.3 is 5.97 Å². The van der Waals surface area contributed by atoms with Gasteiger partial charge in [-0.05, 0) is 42.9 Å². The van der Waals surface area contributed by atoms with Crippen molar-refractivity contribution in [2.45, 2.75) is 31.3 Å². The lowest BCUT2D eigenvalue weighted by Gasteiger charge is -2.18. The molecule has 0 aliphatic heterocycles. The molecule has 0 saturated heterocycles. The summed E-state index contributed by atoms with van der Waals surface area (Å²) in [6.07, 6.45) is 4.67. The molecule has 1 atom stereocenters. The quantitative estimate of drug-likeness (QED) is 0.507. The monoisotopic (exact) mass is 416 g/mol. The first-order valence-corrected chi connectivity index (χ1v) is 10.8. The third-order valence-electron chi connectivity index (χ3n) is 4.77. The van der Waals surface area contributed by atoms with E-state index in [0.717, 1.165) is 30.5 Å². The van der Waals surface area contributed by atoms with E-state index in [0.29, 0.717) is 21.6 Å². The Hall–Kier alpha value is -2.39. The van der Waals surface area contributed by atoms with Crippen molar-refractivity contribution in [1.82, 2.24) is 14.6 Å². The smallest absolute Gasteiger partial charge is 0.341 e. The number of rotatable bonds is 5. The van der Waals surface area contributed by atoms with E-state index in [-0.39, 0.29) is 11.7 Å². The number of carbonyl (C=O) groups is 2. The van der Waals surface area contributed by atoms with Gasteiger partial charge in [-0.15, -0.1) is 21.5 Å². The van der Waals surface area contributed by atoms with Crippen LogP contribution in [0.5, 0.6) is 0 Å². The second-order valence-corrected chi connectivity index (χ2v) is 8.84. The zero-order valence-electron chi connectivity index (χ0n) is 15.6. The van der Waals surface area contributed by atoms with Gasteiger partial charge in [0.15, 0.2) is 10.8 Å². The lowest BCUT2D eigenvalue weighted by atomic mass is 9.88. The van der Waals surface area contributed by atoms with Crippen molar-refractivity contribution in [3.8, 4) is 0 Å². The maximum atomic E-state index is 12.5. The molecule has 1 amide bonds. The molecule has 0 aromatic carbocycles. The van der Waals surface area contributed by atoms with E-state index in [4.69, 9.17) is 4.74 Å². The minimum Gasteiger partial charge on any atom is -0.465 e. The summed E-state index contributed by atoms with van der Waals surface area (Å²) in [6.45, 7) is 2.21. The second-order valence-electron chi connectivity index (χ2n) is 6.80. The van der Waals surface area contributed by atoms with Gasteiger partial charge in [0, 0.05) is 11.1 Å². The number of hydrogen-bond donors (Lipinski definition) is 1.